The number of nitrogens with zero attached hydrogens (tertiary/aromatic N) is 1. The predicted octanol–water partition coefficient (Wildman–Crippen LogP) is 2.04. The molecule has 7 heteroatoms. The molecule has 0 atom stereocenters. The van der Waals surface area contributed by atoms with Crippen LogP contribution in [0, 0.1) is 0 Å². The average Bonchev–Trinajstić information content (AvgIpc) is 2.34. The minimum absolute atomic E-state index is 0.172. The lowest BCUT2D eigenvalue weighted by Gasteiger charge is -2.19. The highest BCUT2D eigenvalue weighted by Crippen LogP contribution is 2.23. The molecule has 106 valence electrons. The Bertz CT molecular complexity index is 417. The summed E-state index contributed by atoms with van der Waals surface area (Å²) in [6.45, 7) is 2.15. The van der Waals surface area contributed by atoms with Gasteiger partial charge in [-0.2, -0.15) is 0 Å². The summed E-state index contributed by atoms with van der Waals surface area (Å²) in [5, 5.41) is 8.80. The van der Waals surface area contributed by atoms with Crippen LogP contribution in [0.1, 0.15) is 17.3 Å². The third-order valence-corrected chi connectivity index (χ3v) is 2.37. The van der Waals surface area contributed by atoms with Crippen molar-refractivity contribution >= 4 is 5.91 Å². The number of amides is 1. The van der Waals surface area contributed by atoms with E-state index in [1.165, 1.54) is 17.0 Å². The highest BCUT2D eigenvalue weighted by Gasteiger charge is 2.31. The Morgan fingerprint density at radius 3 is 2.32 bits per heavy atom. The molecule has 0 fully saturated rings. The summed E-state index contributed by atoms with van der Waals surface area (Å²) in [4.78, 5) is 13.3. The lowest BCUT2D eigenvalue weighted by Crippen LogP contribution is -2.33. The van der Waals surface area contributed by atoms with Gasteiger partial charge in [0.15, 0.2) is 0 Å². The van der Waals surface area contributed by atoms with Crippen molar-refractivity contribution in [2.75, 3.05) is 19.7 Å². The Kier molecular flexibility index (Phi) is 5.17. The molecule has 1 amide bonds. The van der Waals surface area contributed by atoms with E-state index >= 15 is 0 Å². The lowest BCUT2D eigenvalue weighted by molar-refractivity contribution is -0.274. The van der Waals surface area contributed by atoms with E-state index in [1.807, 2.05) is 0 Å². The first-order valence-corrected chi connectivity index (χ1v) is 5.63. The van der Waals surface area contributed by atoms with Gasteiger partial charge in [-0.3, -0.25) is 4.79 Å². The van der Waals surface area contributed by atoms with Gasteiger partial charge in [0.25, 0.3) is 5.91 Å². The third-order valence-electron chi connectivity index (χ3n) is 2.37. The molecule has 1 rings (SSSR count). The average molecular weight is 277 g/mol. The van der Waals surface area contributed by atoms with Crippen molar-refractivity contribution in [3.63, 3.8) is 0 Å². The molecular weight excluding hydrogens is 263 g/mol. The van der Waals surface area contributed by atoms with Gasteiger partial charge in [-0.1, -0.05) is 0 Å². The van der Waals surface area contributed by atoms with Crippen LogP contribution in [-0.2, 0) is 0 Å². The zero-order chi connectivity index (χ0) is 14.5. The first-order chi connectivity index (χ1) is 8.87. The molecule has 1 aromatic carbocycles. The Morgan fingerprint density at radius 2 is 1.89 bits per heavy atom. The number of likely N-dealkylation sites (N-methyl/N-ethyl adjacent to an activating group) is 1. The maximum atomic E-state index is 12.0. The number of aliphatic hydroxyl groups excluding tert-OH is 1. The van der Waals surface area contributed by atoms with Gasteiger partial charge in [-0.15, -0.1) is 13.2 Å². The summed E-state index contributed by atoms with van der Waals surface area (Å²) < 4.78 is 39.6. The normalized spacial score (nSPS) is 11.2. The molecule has 0 unspecified atom stereocenters. The van der Waals surface area contributed by atoms with Crippen molar-refractivity contribution in [3.05, 3.63) is 29.8 Å². The number of hydrogen-bond acceptors (Lipinski definition) is 3. The number of hydrogen-bond donors (Lipinski definition) is 1. The summed E-state index contributed by atoms with van der Waals surface area (Å²) in [6, 6.07) is 4.66. The molecule has 0 saturated carbocycles. The molecule has 4 nitrogen and oxygen atoms in total. The topological polar surface area (TPSA) is 49.8 Å². The van der Waals surface area contributed by atoms with Gasteiger partial charge in [-0.05, 0) is 31.2 Å². The Balaban J connectivity index is 2.78. The van der Waals surface area contributed by atoms with Crippen molar-refractivity contribution in [1.29, 1.82) is 0 Å². The zero-order valence-electron chi connectivity index (χ0n) is 10.3. The molecular formula is C12H14F3NO3. The Morgan fingerprint density at radius 1 is 1.32 bits per heavy atom. The van der Waals surface area contributed by atoms with Crippen LogP contribution in [0.2, 0.25) is 0 Å². The number of carbonyl (C=O) groups is 1. The minimum Gasteiger partial charge on any atom is -0.406 e. The summed E-state index contributed by atoms with van der Waals surface area (Å²) in [5.41, 5.74) is 0.241. The fourth-order valence-corrected chi connectivity index (χ4v) is 1.51. The zero-order valence-corrected chi connectivity index (χ0v) is 10.3. The van der Waals surface area contributed by atoms with Crippen LogP contribution < -0.4 is 4.74 Å². The van der Waals surface area contributed by atoms with E-state index in [2.05, 4.69) is 4.74 Å². The van der Waals surface area contributed by atoms with E-state index < -0.39 is 6.36 Å². The standard InChI is InChI=1S/C12H14F3NO3/c1-2-16(7-8-17)11(18)9-3-5-10(6-4-9)19-12(13,14)15/h3-6,17H,2,7-8H2,1H3. The molecule has 0 heterocycles. The second kappa shape index (κ2) is 6.42. The summed E-state index contributed by atoms with van der Waals surface area (Å²) in [5.74, 6) is -0.732. The largest absolute Gasteiger partial charge is 0.573 e. The Labute approximate surface area is 108 Å². The highest BCUT2D eigenvalue weighted by atomic mass is 19.4. The Hall–Kier alpha value is -1.76. The molecule has 0 aliphatic carbocycles. The number of ether oxygens (including phenoxy) is 1. The molecule has 1 N–H and O–H groups in total. The van der Waals surface area contributed by atoms with E-state index in [-0.39, 0.29) is 30.4 Å². The summed E-state index contributed by atoms with van der Waals surface area (Å²) in [7, 11) is 0. The van der Waals surface area contributed by atoms with Crippen LogP contribution in [0.5, 0.6) is 5.75 Å². The van der Waals surface area contributed by atoms with Gasteiger partial charge in [0.2, 0.25) is 0 Å². The van der Waals surface area contributed by atoms with Gasteiger partial charge < -0.3 is 14.7 Å². The van der Waals surface area contributed by atoms with E-state index in [4.69, 9.17) is 5.11 Å². The maximum absolute atomic E-state index is 12.0. The van der Waals surface area contributed by atoms with Gasteiger partial charge >= 0.3 is 6.36 Å². The minimum atomic E-state index is -4.75. The molecule has 0 spiro atoms. The monoisotopic (exact) mass is 277 g/mol. The maximum Gasteiger partial charge on any atom is 0.573 e. The summed E-state index contributed by atoms with van der Waals surface area (Å²) in [6.07, 6.45) is -4.75. The van der Waals surface area contributed by atoms with E-state index in [0.29, 0.717) is 6.54 Å². The second-order valence-electron chi connectivity index (χ2n) is 3.68. The lowest BCUT2D eigenvalue weighted by atomic mass is 10.2. The molecule has 1 aromatic rings. The molecule has 0 bridgehead atoms. The van der Waals surface area contributed by atoms with Crippen molar-refractivity contribution in [2.45, 2.75) is 13.3 Å². The molecule has 0 aliphatic heterocycles. The van der Waals surface area contributed by atoms with Crippen LogP contribution >= 0.6 is 0 Å². The number of halogens is 3. The molecule has 0 radical (unpaired) electrons. The number of aliphatic hydroxyl groups is 1. The van der Waals surface area contributed by atoms with E-state index in [9.17, 15) is 18.0 Å². The smallest absolute Gasteiger partial charge is 0.406 e. The molecule has 0 aliphatic rings. The van der Waals surface area contributed by atoms with Gasteiger partial charge in [0.1, 0.15) is 5.75 Å². The molecule has 0 aromatic heterocycles. The van der Waals surface area contributed by atoms with Crippen LogP contribution in [0.15, 0.2) is 24.3 Å². The number of rotatable bonds is 5. The SMILES string of the molecule is CCN(CCO)C(=O)c1ccc(OC(F)(F)F)cc1. The van der Waals surface area contributed by atoms with Gasteiger partial charge in [0.05, 0.1) is 6.61 Å². The van der Waals surface area contributed by atoms with Crippen molar-refractivity contribution in [1.82, 2.24) is 4.90 Å². The first kappa shape index (κ1) is 15.3. The van der Waals surface area contributed by atoms with Crippen molar-refractivity contribution in [2.24, 2.45) is 0 Å². The second-order valence-corrected chi connectivity index (χ2v) is 3.68. The fourth-order valence-electron chi connectivity index (χ4n) is 1.51. The van der Waals surface area contributed by atoms with Crippen molar-refractivity contribution in [3.8, 4) is 5.75 Å². The summed E-state index contributed by atoms with van der Waals surface area (Å²) >= 11 is 0. The fraction of sp³-hybridized carbons (Fsp3) is 0.417. The van der Waals surface area contributed by atoms with Crippen LogP contribution in [0.4, 0.5) is 13.2 Å². The van der Waals surface area contributed by atoms with E-state index in [0.717, 1.165) is 12.1 Å². The van der Waals surface area contributed by atoms with Gasteiger partial charge in [-0.25, -0.2) is 0 Å². The van der Waals surface area contributed by atoms with Crippen molar-refractivity contribution < 1.29 is 27.8 Å². The number of benzene rings is 1. The van der Waals surface area contributed by atoms with Gasteiger partial charge in [0, 0.05) is 18.7 Å². The number of carbonyl (C=O) groups excluding carboxylic acids is 1. The van der Waals surface area contributed by atoms with Crippen LogP contribution in [0.3, 0.4) is 0 Å². The quantitative estimate of drug-likeness (QED) is 0.896. The van der Waals surface area contributed by atoms with Crippen LogP contribution in [0.25, 0.3) is 0 Å². The predicted molar refractivity (Wildman–Crippen MR) is 61.8 cm³/mol. The van der Waals surface area contributed by atoms with Crippen LogP contribution in [-0.4, -0.2) is 42.0 Å². The highest BCUT2D eigenvalue weighted by molar-refractivity contribution is 5.94. The first-order valence-electron chi connectivity index (χ1n) is 5.63. The van der Waals surface area contributed by atoms with E-state index in [1.54, 1.807) is 6.92 Å². The molecule has 19 heavy (non-hydrogen) atoms. The third kappa shape index (κ3) is 4.78. The number of alkyl halides is 3. The molecule has 0 saturated heterocycles.